The van der Waals surface area contributed by atoms with Crippen molar-refractivity contribution in [1.29, 1.82) is 0 Å². The van der Waals surface area contributed by atoms with Crippen LogP contribution in [-0.4, -0.2) is 30.6 Å². The zero-order valence-electron chi connectivity index (χ0n) is 18.3. The fourth-order valence-corrected chi connectivity index (χ4v) is 5.91. The lowest BCUT2D eigenvalue weighted by Gasteiger charge is -2.37. The van der Waals surface area contributed by atoms with Gasteiger partial charge in [0.1, 0.15) is 5.82 Å². The summed E-state index contributed by atoms with van der Waals surface area (Å²) in [6.45, 7) is 0. The van der Waals surface area contributed by atoms with E-state index in [0.717, 1.165) is 36.3 Å². The summed E-state index contributed by atoms with van der Waals surface area (Å²) in [5.41, 5.74) is 7.02. The Balaban J connectivity index is 1.35. The maximum absolute atomic E-state index is 11.8. The largest absolute Gasteiger partial charge is 0.434 e. The molecule has 0 spiro atoms. The molecule has 0 saturated heterocycles. The third-order valence-electron chi connectivity index (χ3n) is 6.15. The summed E-state index contributed by atoms with van der Waals surface area (Å²) in [4.78, 5) is 17.5. The first-order valence-corrected chi connectivity index (χ1v) is 12.3. The van der Waals surface area contributed by atoms with Gasteiger partial charge in [-0.2, -0.15) is 5.10 Å². The second kappa shape index (κ2) is 9.55. The van der Waals surface area contributed by atoms with Crippen LogP contribution in [0.1, 0.15) is 37.3 Å². The van der Waals surface area contributed by atoms with Crippen molar-refractivity contribution in [3.8, 4) is 0 Å². The molecule has 1 aliphatic carbocycles. The number of aromatic nitrogens is 5. The van der Waals surface area contributed by atoms with Crippen molar-refractivity contribution in [3.05, 3.63) is 75.8 Å². The van der Waals surface area contributed by atoms with Gasteiger partial charge in [0, 0.05) is 34.5 Å². The molecule has 4 aromatic rings. The molecule has 3 heterocycles. The van der Waals surface area contributed by atoms with Crippen LogP contribution >= 0.6 is 23.4 Å². The van der Waals surface area contributed by atoms with Crippen molar-refractivity contribution in [2.24, 2.45) is 0 Å². The number of aromatic amines is 2. The Morgan fingerprint density at radius 3 is 2.71 bits per heavy atom. The molecule has 5 N–H and O–H groups in total. The van der Waals surface area contributed by atoms with Gasteiger partial charge in [-0.25, -0.2) is 14.9 Å². The van der Waals surface area contributed by atoms with Gasteiger partial charge in [0.05, 0.1) is 16.1 Å². The monoisotopic (exact) mass is 497 g/mol. The summed E-state index contributed by atoms with van der Waals surface area (Å²) >= 11 is 8.16. The van der Waals surface area contributed by atoms with Gasteiger partial charge < -0.3 is 15.5 Å². The van der Waals surface area contributed by atoms with Crippen molar-refractivity contribution in [1.82, 2.24) is 25.4 Å². The van der Waals surface area contributed by atoms with Crippen molar-refractivity contribution < 1.29 is 4.42 Å². The number of nitrogens with one attached hydrogen (secondary N) is 3. The van der Waals surface area contributed by atoms with Crippen LogP contribution in [0.4, 0.5) is 17.3 Å². The van der Waals surface area contributed by atoms with E-state index in [4.69, 9.17) is 26.7 Å². The Labute approximate surface area is 204 Å². The molecule has 3 aromatic heterocycles. The second-order valence-corrected chi connectivity index (χ2v) is 10.2. The predicted molar refractivity (Wildman–Crippen MR) is 133 cm³/mol. The summed E-state index contributed by atoms with van der Waals surface area (Å²) in [7, 11) is 0. The molecule has 0 amide bonds. The number of anilines is 3. The highest BCUT2D eigenvalue weighted by Gasteiger charge is 2.42. The number of nitrogens with zero attached hydrogens (tertiary/aromatic N) is 3. The van der Waals surface area contributed by atoms with E-state index in [1.807, 2.05) is 36.4 Å². The lowest BCUT2D eigenvalue weighted by molar-refractivity contribution is 0.231. The highest BCUT2D eigenvalue weighted by Crippen LogP contribution is 2.46. The van der Waals surface area contributed by atoms with Gasteiger partial charge in [0.2, 0.25) is 5.89 Å². The first-order chi connectivity index (χ1) is 16.5. The van der Waals surface area contributed by atoms with E-state index in [1.165, 1.54) is 0 Å². The van der Waals surface area contributed by atoms with Crippen molar-refractivity contribution in [2.45, 2.75) is 47.7 Å². The van der Waals surface area contributed by atoms with E-state index >= 15 is 0 Å². The molecule has 1 aliphatic rings. The van der Waals surface area contributed by atoms with Crippen molar-refractivity contribution in [3.63, 3.8) is 0 Å². The van der Waals surface area contributed by atoms with E-state index in [9.17, 15) is 4.79 Å². The molecular formula is C23H24ClN7O2S. The van der Waals surface area contributed by atoms with Gasteiger partial charge >= 0.3 is 5.76 Å². The van der Waals surface area contributed by atoms with Gasteiger partial charge in [-0.15, -0.1) is 16.9 Å². The predicted octanol–water partition coefficient (Wildman–Crippen LogP) is 4.68. The highest BCUT2D eigenvalue weighted by atomic mass is 35.5. The average Bonchev–Trinajstić information content (AvgIpc) is 3.51. The number of thioether (sulfide) groups is 1. The molecule has 0 aliphatic heterocycles. The van der Waals surface area contributed by atoms with Gasteiger partial charge in [0.25, 0.3) is 0 Å². The third-order valence-corrected chi connectivity index (χ3v) is 8.08. The molecule has 1 saturated carbocycles. The molecule has 9 nitrogen and oxygen atoms in total. The minimum absolute atomic E-state index is 0.374. The number of nitrogens with two attached hydrogens (primary N) is 1. The van der Waals surface area contributed by atoms with Crippen LogP contribution in [0.2, 0.25) is 5.02 Å². The second-order valence-electron chi connectivity index (χ2n) is 8.45. The third kappa shape index (κ3) is 4.83. The number of H-pyrrole nitrogens is 2. The summed E-state index contributed by atoms with van der Waals surface area (Å²) in [5, 5.41) is 17.7. The fourth-order valence-electron chi connectivity index (χ4n) is 4.44. The smallest absolute Gasteiger partial charge is 0.397 e. The minimum atomic E-state index is -0.542. The molecule has 11 heteroatoms. The summed E-state index contributed by atoms with van der Waals surface area (Å²) in [6.07, 6.45) is 5.78. The molecule has 0 radical (unpaired) electrons. The molecule has 1 aromatic carbocycles. The normalized spacial score (nSPS) is 20.3. The van der Waals surface area contributed by atoms with Gasteiger partial charge in [-0.05, 0) is 49.9 Å². The van der Waals surface area contributed by atoms with Crippen LogP contribution in [0, 0.1) is 0 Å². The Morgan fingerprint density at radius 1 is 1.15 bits per heavy atom. The lowest BCUT2D eigenvalue weighted by atomic mass is 9.70. The number of pyridine rings is 1. The van der Waals surface area contributed by atoms with E-state index in [0.29, 0.717) is 39.9 Å². The van der Waals surface area contributed by atoms with E-state index in [-0.39, 0.29) is 0 Å². The van der Waals surface area contributed by atoms with E-state index < -0.39 is 11.2 Å². The average molecular weight is 498 g/mol. The minimum Gasteiger partial charge on any atom is -0.397 e. The van der Waals surface area contributed by atoms with Crippen molar-refractivity contribution in [2.75, 3.05) is 11.1 Å². The summed E-state index contributed by atoms with van der Waals surface area (Å²) in [6, 6.07) is 13.4. The summed E-state index contributed by atoms with van der Waals surface area (Å²) in [5.74, 6) is 1.29. The Bertz CT molecular complexity index is 1310. The highest BCUT2D eigenvalue weighted by molar-refractivity contribution is 8.00. The number of hydrogen-bond acceptors (Lipinski definition) is 8. The molecule has 0 bridgehead atoms. The zero-order valence-corrected chi connectivity index (χ0v) is 19.8. The van der Waals surface area contributed by atoms with Crippen LogP contribution in [0.3, 0.4) is 0 Å². The van der Waals surface area contributed by atoms with Gasteiger partial charge in [-0.1, -0.05) is 23.7 Å². The molecular weight excluding hydrogens is 474 g/mol. The molecule has 34 heavy (non-hydrogen) atoms. The Morgan fingerprint density at radius 2 is 1.97 bits per heavy atom. The number of halogens is 1. The number of rotatable bonds is 7. The maximum Gasteiger partial charge on any atom is 0.434 e. The van der Waals surface area contributed by atoms with Crippen LogP contribution in [0.25, 0.3) is 0 Å². The van der Waals surface area contributed by atoms with Gasteiger partial charge in [0.15, 0.2) is 5.82 Å². The van der Waals surface area contributed by atoms with E-state index in [2.05, 4.69) is 25.7 Å². The Kier molecular flexibility index (Phi) is 6.34. The number of nitrogen functional groups attached to an aromatic ring is 1. The zero-order chi connectivity index (χ0) is 23.5. The van der Waals surface area contributed by atoms with Crippen molar-refractivity contribution >= 4 is 40.7 Å². The first-order valence-electron chi connectivity index (χ1n) is 11.0. The Hall–Kier alpha value is -3.24. The van der Waals surface area contributed by atoms with Crippen LogP contribution in [0.15, 0.2) is 62.8 Å². The van der Waals surface area contributed by atoms with Gasteiger partial charge in [-0.3, -0.25) is 5.10 Å². The molecule has 0 atom stereocenters. The molecule has 0 unspecified atom stereocenters. The van der Waals surface area contributed by atoms with Crippen LogP contribution in [0.5, 0.6) is 0 Å². The lowest BCUT2D eigenvalue weighted by Crippen LogP contribution is -2.35. The number of hydrogen-bond donors (Lipinski definition) is 4. The van der Waals surface area contributed by atoms with E-state index in [1.54, 1.807) is 24.0 Å². The molecule has 1 fully saturated rings. The van der Waals surface area contributed by atoms with Crippen LogP contribution in [-0.2, 0) is 11.8 Å². The quantitative estimate of drug-likeness (QED) is 0.270. The molecule has 176 valence electrons. The van der Waals surface area contributed by atoms with Crippen LogP contribution < -0.4 is 16.8 Å². The summed E-state index contributed by atoms with van der Waals surface area (Å²) < 4.78 is 5.48. The fraction of sp³-hybridized carbons (Fsp3) is 0.304. The topological polar surface area (TPSA) is 139 Å². The first kappa shape index (κ1) is 22.5. The number of benzene rings is 1. The maximum atomic E-state index is 11.8. The molecule has 5 rings (SSSR count). The standard InChI is InChI=1S/C23H24ClN7O2S/c24-20-16(25)4-2-5-17(20)34-15-7-10-23(11-8-15,21-30-31-22(32)33-21)13-14-3-1-6-18(27-14)28-19-9-12-26-29-19/h1-6,9,12,15H,7-8,10-11,13,25H2,(H,31,32)(H2,26,27,28,29)/t15-,23-. The SMILES string of the molecule is Nc1cccc(S[C@H]2CC[C@](Cc3cccc(Nc4cc[nH]n4)n3)(c3n[nH]c(=O)o3)CC2)c1Cl.